The molecule has 4 rings (SSSR count). The number of rotatable bonds is 3. The Morgan fingerprint density at radius 3 is 2.80 bits per heavy atom. The van der Waals surface area contributed by atoms with Crippen LogP contribution in [-0.4, -0.2) is 32.4 Å². The summed E-state index contributed by atoms with van der Waals surface area (Å²) in [6.45, 7) is 1.81. The van der Waals surface area contributed by atoms with Gasteiger partial charge in [-0.3, -0.25) is 9.36 Å². The fraction of sp³-hybridized carbons (Fsp3) is 0.353. The van der Waals surface area contributed by atoms with E-state index in [-0.39, 0.29) is 23.7 Å². The molecule has 1 aliphatic rings. The van der Waals surface area contributed by atoms with Crippen LogP contribution in [0.2, 0.25) is 0 Å². The first kappa shape index (κ1) is 15.9. The van der Waals surface area contributed by atoms with Crippen molar-refractivity contribution in [1.29, 1.82) is 0 Å². The molecule has 1 fully saturated rings. The SMILES string of the molecule is O=c1c2cnn(C3CCNCC3)c2ncn1Cc1ccc(F)cc1F. The summed E-state index contributed by atoms with van der Waals surface area (Å²) >= 11 is 0. The molecule has 1 saturated heterocycles. The molecule has 130 valence electrons. The number of piperidine rings is 1. The molecule has 0 unspecified atom stereocenters. The molecule has 8 heteroatoms. The van der Waals surface area contributed by atoms with Gasteiger partial charge in [0, 0.05) is 11.6 Å². The summed E-state index contributed by atoms with van der Waals surface area (Å²) in [5.41, 5.74) is 0.497. The number of hydrogen-bond acceptors (Lipinski definition) is 4. The molecule has 0 radical (unpaired) electrons. The van der Waals surface area contributed by atoms with Crippen LogP contribution in [0.4, 0.5) is 8.78 Å². The summed E-state index contributed by atoms with van der Waals surface area (Å²) in [4.78, 5) is 17.0. The Morgan fingerprint density at radius 2 is 2.04 bits per heavy atom. The zero-order chi connectivity index (χ0) is 17.4. The maximum atomic E-state index is 13.8. The maximum Gasteiger partial charge on any atom is 0.264 e. The van der Waals surface area contributed by atoms with Gasteiger partial charge in [0.15, 0.2) is 5.65 Å². The second kappa shape index (κ2) is 6.36. The third kappa shape index (κ3) is 2.93. The van der Waals surface area contributed by atoms with Crippen molar-refractivity contribution >= 4 is 11.0 Å². The van der Waals surface area contributed by atoms with Gasteiger partial charge in [0.1, 0.15) is 23.3 Å². The van der Waals surface area contributed by atoms with E-state index in [2.05, 4.69) is 15.4 Å². The number of hydrogen-bond donors (Lipinski definition) is 1. The molecule has 3 heterocycles. The number of fused-ring (bicyclic) bond motifs is 1. The lowest BCUT2D eigenvalue weighted by Crippen LogP contribution is -2.30. The van der Waals surface area contributed by atoms with Gasteiger partial charge in [0.25, 0.3) is 5.56 Å². The molecule has 3 aromatic rings. The third-order valence-electron chi connectivity index (χ3n) is 4.59. The van der Waals surface area contributed by atoms with Crippen molar-refractivity contribution in [2.24, 2.45) is 0 Å². The van der Waals surface area contributed by atoms with Gasteiger partial charge in [-0.15, -0.1) is 0 Å². The van der Waals surface area contributed by atoms with Crippen molar-refractivity contribution in [3.63, 3.8) is 0 Å². The first-order valence-electron chi connectivity index (χ1n) is 8.21. The normalized spacial score (nSPS) is 15.8. The lowest BCUT2D eigenvalue weighted by molar-refractivity contribution is 0.349. The predicted molar refractivity (Wildman–Crippen MR) is 88.4 cm³/mol. The van der Waals surface area contributed by atoms with Crippen LogP contribution in [0.15, 0.2) is 35.5 Å². The Hall–Kier alpha value is -2.61. The second-order valence-corrected chi connectivity index (χ2v) is 6.22. The molecular weight excluding hydrogens is 328 g/mol. The molecule has 2 aromatic heterocycles. The van der Waals surface area contributed by atoms with Crippen molar-refractivity contribution in [3.8, 4) is 0 Å². The summed E-state index contributed by atoms with van der Waals surface area (Å²) in [7, 11) is 0. The van der Waals surface area contributed by atoms with Gasteiger partial charge in [-0.2, -0.15) is 5.10 Å². The second-order valence-electron chi connectivity index (χ2n) is 6.22. The maximum absolute atomic E-state index is 13.8. The molecule has 0 spiro atoms. The van der Waals surface area contributed by atoms with Gasteiger partial charge in [-0.05, 0) is 32.0 Å². The quantitative estimate of drug-likeness (QED) is 0.787. The van der Waals surface area contributed by atoms with Crippen LogP contribution in [0.5, 0.6) is 0 Å². The van der Waals surface area contributed by atoms with Crippen LogP contribution in [-0.2, 0) is 6.54 Å². The van der Waals surface area contributed by atoms with Gasteiger partial charge in [0.05, 0.1) is 18.8 Å². The highest BCUT2D eigenvalue weighted by Crippen LogP contribution is 2.21. The minimum atomic E-state index is -0.683. The summed E-state index contributed by atoms with van der Waals surface area (Å²) in [6, 6.07) is 3.53. The zero-order valence-electron chi connectivity index (χ0n) is 13.5. The first-order chi connectivity index (χ1) is 12.1. The molecule has 25 heavy (non-hydrogen) atoms. The lowest BCUT2D eigenvalue weighted by atomic mass is 10.1. The van der Waals surface area contributed by atoms with E-state index in [1.165, 1.54) is 29.2 Å². The molecule has 0 atom stereocenters. The standard InChI is InChI=1S/C17H17F2N5O/c18-12-2-1-11(15(19)7-12)9-23-10-21-16-14(17(23)25)8-22-24(16)13-3-5-20-6-4-13/h1-2,7-8,10,13,20H,3-6,9H2. The minimum Gasteiger partial charge on any atom is -0.317 e. The van der Waals surface area contributed by atoms with E-state index in [1.54, 1.807) is 4.68 Å². The van der Waals surface area contributed by atoms with E-state index in [0.29, 0.717) is 11.0 Å². The van der Waals surface area contributed by atoms with E-state index in [4.69, 9.17) is 0 Å². The van der Waals surface area contributed by atoms with Crippen molar-refractivity contribution in [3.05, 3.63) is 58.3 Å². The summed E-state index contributed by atoms with van der Waals surface area (Å²) in [5, 5.41) is 8.04. The van der Waals surface area contributed by atoms with Crippen molar-refractivity contribution < 1.29 is 8.78 Å². The molecule has 0 bridgehead atoms. The highest BCUT2D eigenvalue weighted by atomic mass is 19.1. The monoisotopic (exact) mass is 345 g/mol. The van der Waals surface area contributed by atoms with Crippen LogP contribution < -0.4 is 10.9 Å². The van der Waals surface area contributed by atoms with E-state index in [0.717, 1.165) is 32.0 Å². The molecule has 1 aliphatic heterocycles. The highest BCUT2D eigenvalue weighted by Gasteiger charge is 2.20. The van der Waals surface area contributed by atoms with Gasteiger partial charge in [-0.25, -0.2) is 18.4 Å². The highest BCUT2D eigenvalue weighted by molar-refractivity contribution is 5.73. The Bertz CT molecular complexity index is 975. The summed E-state index contributed by atoms with van der Waals surface area (Å²) in [6.07, 6.45) is 4.78. The molecular formula is C17H17F2N5O. The van der Waals surface area contributed by atoms with E-state index in [9.17, 15) is 13.6 Å². The molecule has 0 saturated carbocycles. The fourth-order valence-electron chi connectivity index (χ4n) is 3.23. The number of halogens is 2. The van der Waals surface area contributed by atoms with E-state index >= 15 is 0 Å². The van der Waals surface area contributed by atoms with Crippen LogP contribution in [0.3, 0.4) is 0 Å². The van der Waals surface area contributed by atoms with Gasteiger partial charge in [-0.1, -0.05) is 6.07 Å². The van der Waals surface area contributed by atoms with Gasteiger partial charge in [0.2, 0.25) is 0 Å². The van der Waals surface area contributed by atoms with Crippen molar-refractivity contribution in [2.45, 2.75) is 25.4 Å². The molecule has 0 amide bonds. The van der Waals surface area contributed by atoms with Gasteiger partial charge >= 0.3 is 0 Å². The van der Waals surface area contributed by atoms with E-state index < -0.39 is 11.6 Å². The smallest absolute Gasteiger partial charge is 0.264 e. The first-order valence-corrected chi connectivity index (χ1v) is 8.21. The molecule has 1 aromatic carbocycles. The summed E-state index contributed by atoms with van der Waals surface area (Å²) < 4.78 is 30.0. The van der Waals surface area contributed by atoms with Gasteiger partial charge < -0.3 is 5.32 Å². The van der Waals surface area contributed by atoms with Crippen molar-refractivity contribution in [2.75, 3.05) is 13.1 Å². The van der Waals surface area contributed by atoms with E-state index in [1.807, 2.05) is 0 Å². The van der Waals surface area contributed by atoms with Crippen LogP contribution in [0.1, 0.15) is 24.4 Å². The number of benzene rings is 1. The molecule has 6 nitrogen and oxygen atoms in total. The fourth-order valence-corrected chi connectivity index (χ4v) is 3.23. The Morgan fingerprint density at radius 1 is 1.24 bits per heavy atom. The minimum absolute atomic E-state index is 0.00752. The average molecular weight is 345 g/mol. The number of nitrogens with one attached hydrogen (secondary N) is 1. The Balaban J connectivity index is 1.70. The van der Waals surface area contributed by atoms with Crippen LogP contribution in [0.25, 0.3) is 11.0 Å². The lowest BCUT2D eigenvalue weighted by Gasteiger charge is -2.23. The third-order valence-corrected chi connectivity index (χ3v) is 4.59. The van der Waals surface area contributed by atoms with Crippen molar-refractivity contribution in [1.82, 2.24) is 24.6 Å². The zero-order valence-corrected chi connectivity index (χ0v) is 13.5. The summed E-state index contributed by atoms with van der Waals surface area (Å²) in [5.74, 6) is -1.33. The molecule has 1 N–H and O–H groups in total. The number of nitrogens with zero attached hydrogens (tertiary/aromatic N) is 4. The molecule has 0 aliphatic carbocycles. The average Bonchev–Trinajstić information content (AvgIpc) is 3.05. The topological polar surface area (TPSA) is 64.7 Å². The Labute approximate surface area is 142 Å². The van der Waals surface area contributed by atoms with Crippen LogP contribution in [0, 0.1) is 11.6 Å². The Kier molecular flexibility index (Phi) is 4.04. The number of aromatic nitrogens is 4. The van der Waals surface area contributed by atoms with Crippen LogP contribution >= 0.6 is 0 Å². The predicted octanol–water partition coefficient (Wildman–Crippen LogP) is 1.84. The largest absolute Gasteiger partial charge is 0.317 e.